The van der Waals surface area contributed by atoms with Gasteiger partial charge in [-0.15, -0.1) is 0 Å². The van der Waals surface area contributed by atoms with Crippen molar-refractivity contribution in [3.8, 4) is 5.75 Å². The number of unbranched alkanes of at least 4 members (excludes halogenated alkanes) is 7. The van der Waals surface area contributed by atoms with E-state index in [1.54, 1.807) is 0 Å². The molecule has 1 aliphatic rings. The standard InChI is InChI=1S/C33H50F3NO2/c1-3-4-12-25-14-18-28(19-15-25)39-31-21-16-26-23-27(32(2,37)24-38)17-20-29(26)30(31)13-10-8-6-5-7-9-11-22-33(34,35)36/h16-17,20-21,23,25,28,38H,3-15,18-19,22,24,37H2,1-2H3. The van der Waals surface area contributed by atoms with Crippen LogP contribution in [-0.4, -0.2) is 24.0 Å². The van der Waals surface area contributed by atoms with Crippen LogP contribution in [0.15, 0.2) is 30.3 Å². The number of hydrogen-bond donors (Lipinski definition) is 2. The molecule has 1 saturated carbocycles. The predicted octanol–water partition coefficient (Wildman–Crippen LogP) is 9.36. The van der Waals surface area contributed by atoms with E-state index in [0.717, 1.165) is 74.0 Å². The van der Waals surface area contributed by atoms with Gasteiger partial charge in [-0.3, -0.25) is 0 Å². The number of nitrogens with two attached hydrogens (primary N) is 1. The van der Waals surface area contributed by atoms with Gasteiger partial charge in [-0.25, -0.2) is 0 Å². The Morgan fingerprint density at radius 1 is 0.897 bits per heavy atom. The SMILES string of the molecule is CCCCC1CCC(Oc2ccc3cc(C(C)(N)CO)ccc3c2CCCCCCCCCC(F)(F)F)CC1. The van der Waals surface area contributed by atoms with Gasteiger partial charge in [0.15, 0.2) is 0 Å². The Balaban J connectivity index is 1.63. The van der Waals surface area contributed by atoms with Crippen LogP contribution in [0.25, 0.3) is 10.8 Å². The van der Waals surface area contributed by atoms with E-state index in [1.807, 2.05) is 13.0 Å². The van der Waals surface area contributed by atoms with Crippen molar-refractivity contribution in [3.63, 3.8) is 0 Å². The van der Waals surface area contributed by atoms with Crippen LogP contribution >= 0.6 is 0 Å². The van der Waals surface area contributed by atoms with Gasteiger partial charge in [0, 0.05) is 12.0 Å². The minimum absolute atomic E-state index is 0.121. The molecule has 2 aromatic rings. The fraction of sp³-hybridized carbons (Fsp3) is 0.697. The number of fused-ring (bicyclic) bond motifs is 1. The summed E-state index contributed by atoms with van der Waals surface area (Å²) in [6, 6.07) is 10.4. The Hall–Kier alpha value is -1.79. The second-order valence-corrected chi connectivity index (χ2v) is 12.0. The zero-order valence-electron chi connectivity index (χ0n) is 24.1. The third kappa shape index (κ3) is 10.3. The number of aliphatic hydroxyl groups excluding tert-OH is 1. The Labute approximate surface area is 233 Å². The molecule has 0 bridgehead atoms. The van der Waals surface area contributed by atoms with Crippen LogP contribution in [0.2, 0.25) is 0 Å². The van der Waals surface area contributed by atoms with E-state index in [2.05, 4.69) is 31.2 Å². The highest BCUT2D eigenvalue weighted by Gasteiger charge is 2.26. The lowest BCUT2D eigenvalue weighted by molar-refractivity contribution is -0.135. The van der Waals surface area contributed by atoms with Gasteiger partial charge in [0.05, 0.1) is 18.2 Å². The van der Waals surface area contributed by atoms with Gasteiger partial charge in [-0.05, 0) is 86.3 Å². The summed E-state index contributed by atoms with van der Waals surface area (Å²) in [5, 5.41) is 12.0. The fourth-order valence-electron chi connectivity index (χ4n) is 5.91. The van der Waals surface area contributed by atoms with Crippen LogP contribution < -0.4 is 10.5 Å². The molecule has 0 heterocycles. The predicted molar refractivity (Wildman–Crippen MR) is 155 cm³/mol. The van der Waals surface area contributed by atoms with Gasteiger partial charge in [0.2, 0.25) is 0 Å². The van der Waals surface area contributed by atoms with E-state index >= 15 is 0 Å². The minimum atomic E-state index is -4.03. The third-order valence-corrected chi connectivity index (χ3v) is 8.52. The molecule has 3 N–H and O–H groups in total. The lowest BCUT2D eigenvalue weighted by Crippen LogP contribution is -2.36. The van der Waals surface area contributed by atoms with E-state index in [9.17, 15) is 18.3 Å². The number of aryl methyl sites for hydroxylation is 1. The summed E-state index contributed by atoms with van der Waals surface area (Å²) in [7, 11) is 0. The number of alkyl halides is 3. The summed E-state index contributed by atoms with van der Waals surface area (Å²) >= 11 is 0. The Kier molecular flexibility index (Phi) is 12.4. The molecular weight excluding hydrogens is 499 g/mol. The Bertz CT molecular complexity index is 996. The van der Waals surface area contributed by atoms with E-state index in [4.69, 9.17) is 10.5 Å². The first-order chi connectivity index (χ1) is 18.6. The largest absolute Gasteiger partial charge is 0.490 e. The van der Waals surface area contributed by atoms with Crippen molar-refractivity contribution < 1.29 is 23.0 Å². The second-order valence-electron chi connectivity index (χ2n) is 12.0. The van der Waals surface area contributed by atoms with E-state index in [0.29, 0.717) is 6.42 Å². The van der Waals surface area contributed by atoms with Gasteiger partial charge >= 0.3 is 6.18 Å². The zero-order valence-corrected chi connectivity index (χ0v) is 24.1. The zero-order chi connectivity index (χ0) is 28.3. The van der Waals surface area contributed by atoms with E-state index in [1.165, 1.54) is 43.1 Å². The Morgan fingerprint density at radius 3 is 2.21 bits per heavy atom. The molecule has 1 atom stereocenters. The average Bonchev–Trinajstić information content (AvgIpc) is 2.91. The summed E-state index contributed by atoms with van der Waals surface area (Å²) in [6.45, 7) is 3.98. The third-order valence-electron chi connectivity index (χ3n) is 8.52. The molecule has 0 radical (unpaired) electrons. The molecule has 0 aliphatic heterocycles. The lowest BCUT2D eigenvalue weighted by atomic mass is 9.84. The highest BCUT2D eigenvalue weighted by atomic mass is 19.4. The summed E-state index contributed by atoms with van der Waals surface area (Å²) in [5.74, 6) is 1.82. The van der Waals surface area contributed by atoms with Crippen LogP contribution in [0.1, 0.15) is 121 Å². The van der Waals surface area contributed by atoms with Crippen molar-refractivity contribution in [2.45, 2.75) is 134 Å². The first-order valence-electron chi connectivity index (χ1n) is 15.3. The quantitative estimate of drug-likeness (QED) is 0.205. The molecule has 220 valence electrons. The molecule has 0 amide bonds. The molecule has 0 spiro atoms. The minimum Gasteiger partial charge on any atom is -0.490 e. The monoisotopic (exact) mass is 549 g/mol. The lowest BCUT2D eigenvalue weighted by Gasteiger charge is -2.30. The van der Waals surface area contributed by atoms with Crippen molar-refractivity contribution >= 4 is 10.8 Å². The van der Waals surface area contributed by atoms with Gasteiger partial charge in [0.25, 0.3) is 0 Å². The van der Waals surface area contributed by atoms with Crippen molar-refractivity contribution in [1.82, 2.24) is 0 Å². The topological polar surface area (TPSA) is 55.5 Å². The number of benzene rings is 2. The van der Waals surface area contributed by atoms with Crippen LogP contribution in [0, 0.1) is 5.92 Å². The summed E-state index contributed by atoms with van der Waals surface area (Å²) in [5.41, 5.74) is 7.66. The molecule has 0 aromatic heterocycles. The molecular formula is C33H50F3NO2. The summed E-state index contributed by atoms with van der Waals surface area (Å²) in [6.07, 6.45) is 11.0. The molecule has 3 rings (SSSR count). The van der Waals surface area contributed by atoms with Gasteiger partial charge in [0.1, 0.15) is 5.75 Å². The van der Waals surface area contributed by atoms with Crippen LogP contribution in [0.3, 0.4) is 0 Å². The first kappa shape index (κ1) is 31.7. The number of ether oxygens (including phenoxy) is 1. The van der Waals surface area contributed by atoms with Gasteiger partial charge in [-0.1, -0.05) is 76.5 Å². The molecule has 6 heteroatoms. The number of rotatable bonds is 16. The number of hydrogen-bond acceptors (Lipinski definition) is 3. The highest BCUT2D eigenvalue weighted by Crippen LogP contribution is 2.36. The second kappa shape index (κ2) is 15.3. The maximum atomic E-state index is 12.3. The van der Waals surface area contributed by atoms with Crippen LogP contribution in [0.5, 0.6) is 5.75 Å². The molecule has 1 aliphatic carbocycles. The van der Waals surface area contributed by atoms with E-state index < -0.39 is 18.1 Å². The maximum Gasteiger partial charge on any atom is 0.389 e. The summed E-state index contributed by atoms with van der Waals surface area (Å²) in [4.78, 5) is 0. The highest BCUT2D eigenvalue weighted by molar-refractivity contribution is 5.88. The molecule has 2 aromatic carbocycles. The number of aliphatic hydroxyl groups is 1. The molecule has 1 fully saturated rings. The van der Waals surface area contributed by atoms with Crippen LogP contribution in [0.4, 0.5) is 13.2 Å². The normalized spacial score (nSPS) is 19.8. The smallest absolute Gasteiger partial charge is 0.389 e. The van der Waals surface area contributed by atoms with Gasteiger partial charge in [-0.2, -0.15) is 13.2 Å². The number of halogens is 3. The van der Waals surface area contributed by atoms with Gasteiger partial charge < -0.3 is 15.6 Å². The fourth-order valence-corrected chi connectivity index (χ4v) is 5.91. The average molecular weight is 550 g/mol. The first-order valence-corrected chi connectivity index (χ1v) is 15.3. The molecule has 3 nitrogen and oxygen atoms in total. The van der Waals surface area contributed by atoms with Crippen LogP contribution in [-0.2, 0) is 12.0 Å². The summed E-state index contributed by atoms with van der Waals surface area (Å²) < 4.78 is 43.6. The van der Waals surface area contributed by atoms with E-state index in [-0.39, 0.29) is 19.1 Å². The van der Waals surface area contributed by atoms with Crippen molar-refractivity contribution in [2.75, 3.05) is 6.61 Å². The molecule has 0 saturated heterocycles. The van der Waals surface area contributed by atoms with Crippen molar-refractivity contribution in [3.05, 3.63) is 41.5 Å². The maximum absolute atomic E-state index is 12.3. The van der Waals surface area contributed by atoms with Crippen molar-refractivity contribution in [2.24, 2.45) is 11.7 Å². The molecule has 39 heavy (non-hydrogen) atoms. The molecule has 1 unspecified atom stereocenters. The van der Waals surface area contributed by atoms with Crippen molar-refractivity contribution in [1.29, 1.82) is 0 Å². The Morgan fingerprint density at radius 2 is 1.56 bits per heavy atom.